The molecule has 0 spiro atoms. The predicted octanol–water partition coefficient (Wildman–Crippen LogP) is 4.84. The molecule has 19 heavy (non-hydrogen) atoms. The van der Waals surface area contributed by atoms with Crippen LogP contribution in [0.2, 0.25) is 5.02 Å². The number of hydrogen-bond acceptors (Lipinski definition) is 2. The Bertz CT molecular complexity index is 612. The average molecular weight is 278 g/mol. The van der Waals surface area contributed by atoms with Crippen LogP contribution < -0.4 is 5.32 Å². The maximum atomic E-state index is 11.8. The van der Waals surface area contributed by atoms with E-state index in [-0.39, 0.29) is 0 Å². The monoisotopic (exact) mass is 277 g/mol. The Morgan fingerprint density at radius 3 is 2.42 bits per heavy atom. The first kappa shape index (κ1) is 13.7. The Kier molecular flexibility index (Phi) is 3.67. The zero-order valence-electron chi connectivity index (χ0n) is 11.2. The molecule has 0 aromatic heterocycles. The molecule has 2 aromatic rings. The van der Waals surface area contributed by atoms with E-state index in [1.54, 1.807) is 12.1 Å². The molecule has 0 saturated heterocycles. The van der Waals surface area contributed by atoms with Gasteiger partial charge in [0.25, 0.3) is 0 Å². The van der Waals surface area contributed by atoms with E-state index in [0.717, 1.165) is 10.8 Å². The lowest BCUT2D eigenvalue weighted by Crippen LogP contribution is -2.27. The molecular weight excluding hydrogens is 262 g/mol. The molecule has 0 radical (unpaired) electrons. The first-order chi connectivity index (χ1) is 8.87. The third kappa shape index (κ3) is 3.38. The molecule has 0 aliphatic carbocycles. The van der Waals surface area contributed by atoms with E-state index in [0.29, 0.717) is 10.7 Å². The maximum Gasteiger partial charge on any atom is 0.412 e. The lowest BCUT2D eigenvalue weighted by atomic mass is 10.1. The highest BCUT2D eigenvalue weighted by Crippen LogP contribution is 2.30. The summed E-state index contributed by atoms with van der Waals surface area (Å²) in [6, 6.07) is 11.2. The van der Waals surface area contributed by atoms with Gasteiger partial charge in [0, 0.05) is 5.39 Å². The van der Waals surface area contributed by atoms with Crippen LogP contribution in [0.4, 0.5) is 10.5 Å². The normalized spacial score (nSPS) is 11.4. The number of rotatable bonds is 1. The number of carbonyl (C=O) groups excluding carboxylic acids is 1. The van der Waals surface area contributed by atoms with Gasteiger partial charge in [-0.2, -0.15) is 0 Å². The number of ether oxygens (including phenoxy) is 1. The standard InChI is InChI=1S/C15H16ClNO2/c1-15(2,3)19-14(18)17-12-9-5-7-10-6-4-8-11(16)13(10)12/h4-9H,1-3H3,(H,17,18). The first-order valence-corrected chi connectivity index (χ1v) is 6.42. The molecule has 1 amide bonds. The topological polar surface area (TPSA) is 38.3 Å². The molecule has 0 heterocycles. The fourth-order valence-electron chi connectivity index (χ4n) is 1.81. The van der Waals surface area contributed by atoms with Crippen molar-refractivity contribution in [1.29, 1.82) is 0 Å². The van der Waals surface area contributed by atoms with Crippen LogP contribution >= 0.6 is 11.6 Å². The van der Waals surface area contributed by atoms with Gasteiger partial charge in [-0.1, -0.05) is 35.9 Å². The van der Waals surface area contributed by atoms with E-state index in [1.165, 1.54) is 0 Å². The molecule has 0 bridgehead atoms. The molecule has 0 aliphatic heterocycles. The second-order valence-corrected chi connectivity index (χ2v) is 5.68. The van der Waals surface area contributed by atoms with Crippen LogP contribution in [0, 0.1) is 0 Å². The van der Waals surface area contributed by atoms with Crippen LogP contribution in [0.25, 0.3) is 10.8 Å². The van der Waals surface area contributed by atoms with Gasteiger partial charge in [-0.3, -0.25) is 5.32 Å². The molecule has 0 unspecified atom stereocenters. The lowest BCUT2D eigenvalue weighted by molar-refractivity contribution is 0.0636. The fourth-order valence-corrected chi connectivity index (χ4v) is 2.10. The van der Waals surface area contributed by atoms with E-state index < -0.39 is 11.7 Å². The smallest absolute Gasteiger partial charge is 0.412 e. The Morgan fingerprint density at radius 1 is 1.16 bits per heavy atom. The van der Waals surface area contributed by atoms with E-state index in [2.05, 4.69) is 5.32 Å². The number of hydrogen-bond donors (Lipinski definition) is 1. The summed E-state index contributed by atoms with van der Waals surface area (Å²) in [5.41, 5.74) is 0.121. The molecule has 0 saturated carbocycles. The van der Waals surface area contributed by atoms with Gasteiger partial charge < -0.3 is 4.74 Å². The zero-order chi connectivity index (χ0) is 14.0. The third-order valence-electron chi connectivity index (χ3n) is 2.49. The molecular formula is C15H16ClNO2. The van der Waals surface area contributed by atoms with Gasteiger partial charge >= 0.3 is 6.09 Å². The summed E-state index contributed by atoms with van der Waals surface area (Å²) in [5.74, 6) is 0. The van der Waals surface area contributed by atoms with Crippen molar-refractivity contribution in [2.75, 3.05) is 5.32 Å². The van der Waals surface area contributed by atoms with E-state index in [9.17, 15) is 4.79 Å². The number of amides is 1. The molecule has 3 nitrogen and oxygen atoms in total. The molecule has 2 rings (SSSR count). The van der Waals surface area contributed by atoms with Crippen LogP contribution in [0.1, 0.15) is 20.8 Å². The number of nitrogens with one attached hydrogen (secondary N) is 1. The van der Waals surface area contributed by atoms with Gasteiger partial charge in [-0.25, -0.2) is 4.79 Å². The van der Waals surface area contributed by atoms with Gasteiger partial charge in [-0.15, -0.1) is 0 Å². The van der Waals surface area contributed by atoms with Crippen molar-refractivity contribution in [2.45, 2.75) is 26.4 Å². The van der Waals surface area contributed by atoms with Gasteiger partial charge in [-0.05, 0) is 38.3 Å². The molecule has 0 aliphatic rings. The highest BCUT2D eigenvalue weighted by molar-refractivity contribution is 6.36. The second-order valence-electron chi connectivity index (χ2n) is 5.27. The highest BCUT2D eigenvalue weighted by Gasteiger charge is 2.17. The van der Waals surface area contributed by atoms with Crippen LogP contribution in [0.5, 0.6) is 0 Å². The summed E-state index contributed by atoms with van der Waals surface area (Å²) >= 11 is 6.19. The van der Waals surface area contributed by atoms with Crippen molar-refractivity contribution in [3.8, 4) is 0 Å². The van der Waals surface area contributed by atoms with Gasteiger partial charge in [0.15, 0.2) is 0 Å². The SMILES string of the molecule is CC(C)(C)OC(=O)Nc1cccc2cccc(Cl)c12. The van der Waals surface area contributed by atoms with Gasteiger partial charge in [0.1, 0.15) is 5.60 Å². The Balaban J connectivity index is 2.33. The number of anilines is 1. The quantitative estimate of drug-likeness (QED) is 0.810. The van der Waals surface area contributed by atoms with Crippen LogP contribution in [0.3, 0.4) is 0 Å². The Hall–Kier alpha value is -1.74. The zero-order valence-corrected chi connectivity index (χ0v) is 11.9. The molecule has 0 atom stereocenters. The minimum absolute atomic E-state index is 0.486. The highest BCUT2D eigenvalue weighted by atomic mass is 35.5. The third-order valence-corrected chi connectivity index (χ3v) is 2.80. The summed E-state index contributed by atoms with van der Waals surface area (Å²) < 4.78 is 5.24. The van der Waals surface area contributed by atoms with Crippen LogP contribution in [0.15, 0.2) is 36.4 Å². The van der Waals surface area contributed by atoms with Crippen molar-refractivity contribution >= 4 is 34.2 Å². The summed E-state index contributed by atoms with van der Waals surface area (Å²) in [7, 11) is 0. The number of fused-ring (bicyclic) bond motifs is 1. The van der Waals surface area contributed by atoms with Crippen molar-refractivity contribution < 1.29 is 9.53 Å². The molecule has 4 heteroatoms. The van der Waals surface area contributed by atoms with E-state index >= 15 is 0 Å². The van der Waals surface area contributed by atoms with Gasteiger partial charge in [0.2, 0.25) is 0 Å². The van der Waals surface area contributed by atoms with Crippen molar-refractivity contribution in [3.05, 3.63) is 41.4 Å². The fraction of sp³-hybridized carbons (Fsp3) is 0.267. The number of carbonyl (C=O) groups is 1. The van der Waals surface area contributed by atoms with Gasteiger partial charge in [0.05, 0.1) is 10.7 Å². The molecule has 0 fully saturated rings. The summed E-state index contributed by atoms with van der Waals surface area (Å²) in [6.45, 7) is 5.47. The molecule has 1 N–H and O–H groups in total. The number of halogens is 1. The second kappa shape index (κ2) is 5.10. The molecule has 2 aromatic carbocycles. The minimum Gasteiger partial charge on any atom is -0.444 e. The van der Waals surface area contributed by atoms with Crippen molar-refractivity contribution in [3.63, 3.8) is 0 Å². The van der Waals surface area contributed by atoms with E-state index in [4.69, 9.17) is 16.3 Å². The molecule has 100 valence electrons. The van der Waals surface area contributed by atoms with Crippen molar-refractivity contribution in [1.82, 2.24) is 0 Å². The Morgan fingerprint density at radius 2 is 1.79 bits per heavy atom. The first-order valence-electron chi connectivity index (χ1n) is 6.04. The average Bonchev–Trinajstić information content (AvgIpc) is 2.26. The van der Waals surface area contributed by atoms with E-state index in [1.807, 2.05) is 45.0 Å². The summed E-state index contributed by atoms with van der Waals surface area (Å²) in [4.78, 5) is 11.8. The summed E-state index contributed by atoms with van der Waals surface area (Å²) in [5, 5.41) is 5.13. The maximum absolute atomic E-state index is 11.8. The predicted molar refractivity (Wildman–Crippen MR) is 78.8 cm³/mol. The minimum atomic E-state index is -0.529. The lowest BCUT2D eigenvalue weighted by Gasteiger charge is -2.20. The number of benzene rings is 2. The van der Waals surface area contributed by atoms with Crippen LogP contribution in [-0.4, -0.2) is 11.7 Å². The van der Waals surface area contributed by atoms with Crippen LogP contribution in [-0.2, 0) is 4.74 Å². The van der Waals surface area contributed by atoms with Crippen molar-refractivity contribution in [2.24, 2.45) is 0 Å². The summed E-state index contributed by atoms with van der Waals surface area (Å²) in [6.07, 6.45) is -0.486. The largest absolute Gasteiger partial charge is 0.444 e. The Labute approximate surface area is 117 Å².